The first-order valence-electron chi connectivity index (χ1n) is 6.59. The van der Waals surface area contributed by atoms with Crippen LogP contribution < -0.4 is 5.32 Å². The van der Waals surface area contributed by atoms with Crippen molar-refractivity contribution in [3.63, 3.8) is 0 Å². The molecule has 1 aromatic heterocycles. The van der Waals surface area contributed by atoms with Crippen molar-refractivity contribution in [3.05, 3.63) is 21.9 Å². The number of thiophene rings is 1. The average molecular weight is 280 g/mol. The molecular formula is C14H20N2O2S. The predicted octanol–water partition coefficient (Wildman–Crippen LogP) is 1.93. The van der Waals surface area contributed by atoms with Gasteiger partial charge >= 0.3 is 0 Å². The van der Waals surface area contributed by atoms with Crippen molar-refractivity contribution in [2.75, 3.05) is 6.54 Å². The molecule has 0 aromatic carbocycles. The second-order valence-corrected chi connectivity index (χ2v) is 6.12. The van der Waals surface area contributed by atoms with Crippen LogP contribution in [0.5, 0.6) is 0 Å². The highest BCUT2D eigenvalue weighted by Crippen LogP contribution is 2.19. The Balaban J connectivity index is 2.17. The summed E-state index contributed by atoms with van der Waals surface area (Å²) in [5, 5.41) is 6.99. The largest absolute Gasteiger partial charge is 0.344 e. The maximum absolute atomic E-state index is 12.5. The molecule has 5 heteroatoms. The van der Waals surface area contributed by atoms with E-state index < -0.39 is 6.04 Å². The van der Waals surface area contributed by atoms with Crippen molar-refractivity contribution in [3.8, 4) is 0 Å². The Morgan fingerprint density at radius 1 is 1.42 bits per heavy atom. The van der Waals surface area contributed by atoms with Gasteiger partial charge in [-0.05, 0) is 34.7 Å². The number of carbonyl (C=O) groups is 2. The van der Waals surface area contributed by atoms with E-state index in [-0.39, 0.29) is 17.7 Å². The average Bonchev–Trinajstić information content (AvgIpc) is 2.69. The van der Waals surface area contributed by atoms with E-state index in [9.17, 15) is 9.59 Å². The molecule has 0 saturated carbocycles. The number of nitrogens with zero attached hydrogens (tertiary/aromatic N) is 1. The van der Waals surface area contributed by atoms with Crippen molar-refractivity contribution in [1.29, 1.82) is 0 Å². The number of rotatable bonds is 3. The second kappa shape index (κ2) is 5.74. The highest BCUT2D eigenvalue weighted by molar-refractivity contribution is 7.08. The molecule has 0 bridgehead atoms. The number of amides is 2. The van der Waals surface area contributed by atoms with Crippen LogP contribution in [0.1, 0.15) is 31.4 Å². The van der Waals surface area contributed by atoms with Crippen LogP contribution in [0, 0.1) is 12.8 Å². The van der Waals surface area contributed by atoms with Gasteiger partial charge in [0.15, 0.2) is 0 Å². The summed E-state index contributed by atoms with van der Waals surface area (Å²) in [6.45, 7) is 7.08. The van der Waals surface area contributed by atoms with Gasteiger partial charge in [-0.1, -0.05) is 13.8 Å². The van der Waals surface area contributed by atoms with Crippen LogP contribution in [0.25, 0.3) is 0 Å². The van der Waals surface area contributed by atoms with Crippen molar-refractivity contribution in [2.45, 2.75) is 39.8 Å². The third-order valence-corrected chi connectivity index (χ3v) is 4.40. The first-order chi connectivity index (χ1) is 8.99. The molecule has 0 aliphatic carbocycles. The van der Waals surface area contributed by atoms with Crippen molar-refractivity contribution in [2.24, 2.45) is 5.92 Å². The third kappa shape index (κ3) is 3.15. The first-order valence-corrected chi connectivity index (χ1v) is 7.53. The highest BCUT2D eigenvalue weighted by atomic mass is 32.1. The molecule has 4 nitrogen and oxygen atoms in total. The molecule has 104 valence electrons. The quantitative estimate of drug-likeness (QED) is 0.919. The molecule has 0 spiro atoms. The van der Waals surface area contributed by atoms with Gasteiger partial charge in [0.25, 0.3) is 0 Å². The van der Waals surface area contributed by atoms with E-state index in [1.54, 1.807) is 16.2 Å². The zero-order valence-corrected chi connectivity index (χ0v) is 12.4. The molecule has 19 heavy (non-hydrogen) atoms. The number of hydrogen-bond acceptors (Lipinski definition) is 3. The fourth-order valence-electron chi connectivity index (χ4n) is 2.21. The van der Waals surface area contributed by atoms with Gasteiger partial charge in [0, 0.05) is 19.5 Å². The zero-order chi connectivity index (χ0) is 14.0. The van der Waals surface area contributed by atoms with Crippen LogP contribution in [0.2, 0.25) is 0 Å². The van der Waals surface area contributed by atoms with Gasteiger partial charge in [-0.3, -0.25) is 9.59 Å². The summed E-state index contributed by atoms with van der Waals surface area (Å²) in [5.41, 5.74) is 2.39. The smallest absolute Gasteiger partial charge is 0.245 e. The number of aryl methyl sites for hydroxylation is 1. The Kier molecular flexibility index (Phi) is 4.24. The number of carbonyl (C=O) groups excluding carboxylic acids is 2. The summed E-state index contributed by atoms with van der Waals surface area (Å²) in [6, 6.07) is -0.394. The molecule has 1 aliphatic rings. The van der Waals surface area contributed by atoms with Gasteiger partial charge in [-0.15, -0.1) is 0 Å². The normalized spacial score (nSPS) is 20.6. The third-order valence-electron chi connectivity index (χ3n) is 3.49. The first kappa shape index (κ1) is 14.1. The second-order valence-electron chi connectivity index (χ2n) is 5.38. The van der Waals surface area contributed by atoms with E-state index in [0.29, 0.717) is 19.5 Å². The Morgan fingerprint density at radius 3 is 2.74 bits per heavy atom. The maximum atomic E-state index is 12.5. The lowest BCUT2D eigenvalue weighted by Crippen LogP contribution is -2.47. The summed E-state index contributed by atoms with van der Waals surface area (Å²) >= 11 is 1.65. The monoisotopic (exact) mass is 280 g/mol. The van der Waals surface area contributed by atoms with Crippen LogP contribution >= 0.6 is 11.3 Å². The van der Waals surface area contributed by atoms with E-state index in [2.05, 4.69) is 23.0 Å². The molecule has 1 aromatic rings. The predicted molar refractivity (Wildman–Crippen MR) is 75.9 cm³/mol. The molecule has 2 heterocycles. The SMILES string of the molecule is Cc1cscc1CN1CCC(=O)NC(C(C)C)C1=O. The van der Waals surface area contributed by atoms with Gasteiger partial charge in [0.1, 0.15) is 6.04 Å². The van der Waals surface area contributed by atoms with Gasteiger partial charge in [-0.2, -0.15) is 11.3 Å². The van der Waals surface area contributed by atoms with E-state index >= 15 is 0 Å². The molecule has 1 N–H and O–H groups in total. The van der Waals surface area contributed by atoms with Crippen LogP contribution in [0.15, 0.2) is 10.8 Å². The summed E-state index contributed by atoms with van der Waals surface area (Å²) in [4.78, 5) is 26.0. The Hall–Kier alpha value is -1.36. The summed E-state index contributed by atoms with van der Waals surface area (Å²) in [5.74, 6) is 0.115. The molecular weight excluding hydrogens is 260 g/mol. The summed E-state index contributed by atoms with van der Waals surface area (Å²) < 4.78 is 0. The van der Waals surface area contributed by atoms with Crippen LogP contribution in [0.3, 0.4) is 0 Å². The minimum absolute atomic E-state index is 0.0309. The van der Waals surface area contributed by atoms with E-state index in [1.165, 1.54) is 11.1 Å². The molecule has 0 radical (unpaired) electrons. The van der Waals surface area contributed by atoms with Crippen LogP contribution in [0.4, 0.5) is 0 Å². The van der Waals surface area contributed by atoms with Gasteiger partial charge < -0.3 is 10.2 Å². The van der Waals surface area contributed by atoms with Crippen LogP contribution in [-0.2, 0) is 16.1 Å². The van der Waals surface area contributed by atoms with Gasteiger partial charge in [0.05, 0.1) is 0 Å². The molecule has 2 amide bonds. The summed E-state index contributed by atoms with van der Waals surface area (Å²) in [6.07, 6.45) is 0.387. The molecule has 1 fully saturated rings. The molecule has 1 aliphatic heterocycles. The maximum Gasteiger partial charge on any atom is 0.245 e. The number of hydrogen-bond donors (Lipinski definition) is 1. The fraction of sp³-hybridized carbons (Fsp3) is 0.571. The Bertz CT molecular complexity index is 482. The minimum atomic E-state index is -0.394. The van der Waals surface area contributed by atoms with Gasteiger partial charge in [0.2, 0.25) is 11.8 Å². The van der Waals surface area contributed by atoms with Crippen molar-refractivity contribution < 1.29 is 9.59 Å². The lowest BCUT2D eigenvalue weighted by atomic mass is 10.0. The van der Waals surface area contributed by atoms with Crippen molar-refractivity contribution in [1.82, 2.24) is 10.2 Å². The number of nitrogens with one attached hydrogen (secondary N) is 1. The lowest BCUT2D eigenvalue weighted by Gasteiger charge is -2.26. The van der Waals surface area contributed by atoms with Gasteiger partial charge in [-0.25, -0.2) is 0 Å². The zero-order valence-electron chi connectivity index (χ0n) is 11.6. The standard InChI is InChI=1S/C14H20N2O2S/c1-9(2)13-14(18)16(5-4-12(17)15-13)6-11-8-19-7-10(11)3/h7-9,13H,4-6H2,1-3H3,(H,15,17). The summed E-state index contributed by atoms with van der Waals surface area (Å²) in [7, 11) is 0. The van der Waals surface area contributed by atoms with E-state index in [0.717, 1.165) is 0 Å². The lowest BCUT2D eigenvalue weighted by molar-refractivity contribution is -0.135. The Labute approximate surface area is 117 Å². The molecule has 2 rings (SSSR count). The van der Waals surface area contributed by atoms with E-state index in [1.807, 2.05) is 13.8 Å². The highest BCUT2D eigenvalue weighted by Gasteiger charge is 2.31. The molecule has 1 atom stereocenters. The fourth-order valence-corrected chi connectivity index (χ4v) is 3.06. The van der Waals surface area contributed by atoms with Crippen LogP contribution in [-0.4, -0.2) is 29.3 Å². The topological polar surface area (TPSA) is 49.4 Å². The van der Waals surface area contributed by atoms with E-state index in [4.69, 9.17) is 0 Å². The minimum Gasteiger partial charge on any atom is -0.344 e. The molecule has 1 unspecified atom stereocenters. The van der Waals surface area contributed by atoms with Crippen molar-refractivity contribution >= 4 is 23.2 Å². The Morgan fingerprint density at radius 2 is 2.16 bits per heavy atom. The molecule has 1 saturated heterocycles.